The van der Waals surface area contributed by atoms with E-state index in [2.05, 4.69) is 25.7 Å². The lowest BCUT2D eigenvalue weighted by Gasteiger charge is -2.11. The van der Waals surface area contributed by atoms with Crippen LogP contribution in [0.5, 0.6) is 0 Å². The highest BCUT2D eigenvalue weighted by Crippen LogP contribution is 2.17. The van der Waals surface area contributed by atoms with E-state index < -0.39 is 17.9 Å². The maximum atomic E-state index is 11.6. The topological polar surface area (TPSA) is 63.6 Å². The summed E-state index contributed by atoms with van der Waals surface area (Å²) < 4.78 is 4.90. The molecule has 0 aliphatic rings. The molecule has 36 heavy (non-hydrogen) atoms. The molecule has 0 bridgehead atoms. The molecule has 0 aliphatic heterocycles. The van der Waals surface area contributed by atoms with Gasteiger partial charge < -0.3 is 9.84 Å². The molecule has 0 aromatic heterocycles. The van der Waals surface area contributed by atoms with E-state index in [4.69, 9.17) is 4.74 Å². The first kappa shape index (κ1) is 34.4. The van der Waals surface area contributed by atoms with E-state index in [0.717, 1.165) is 19.3 Å². The molecule has 0 aromatic carbocycles. The van der Waals surface area contributed by atoms with Crippen molar-refractivity contribution in [3.63, 3.8) is 0 Å². The minimum absolute atomic E-state index is 0.0456. The number of unbranched alkanes of at least 4 members (excludes halogenated alkanes) is 19. The van der Waals surface area contributed by atoms with Crippen LogP contribution in [0.1, 0.15) is 155 Å². The molecule has 0 radical (unpaired) electrons. The van der Waals surface area contributed by atoms with Gasteiger partial charge in [0.15, 0.2) is 0 Å². The number of rotatable bonds is 28. The highest BCUT2D eigenvalue weighted by Gasteiger charge is 2.21. The predicted molar refractivity (Wildman–Crippen MR) is 153 cm³/mol. The van der Waals surface area contributed by atoms with Crippen LogP contribution in [0.4, 0.5) is 0 Å². The van der Waals surface area contributed by atoms with Crippen molar-refractivity contribution in [1.29, 1.82) is 0 Å². The highest BCUT2D eigenvalue weighted by atomic mass is 16.5. The third kappa shape index (κ3) is 25.5. The van der Waals surface area contributed by atoms with E-state index in [9.17, 15) is 14.7 Å². The summed E-state index contributed by atoms with van der Waals surface area (Å²) in [6, 6.07) is 0. The van der Waals surface area contributed by atoms with Crippen molar-refractivity contribution >= 4 is 11.9 Å². The fourth-order valence-corrected chi connectivity index (χ4v) is 4.60. The zero-order valence-electron chi connectivity index (χ0n) is 23.7. The van der Waals surface area contributed by atoms with Gasteiger partial charge in [0.2, 0.25) is 0 Å². The second kappa shape index (κ2) is 28.0. The summed E-state index contributed by atoms with van der Waals surface area (Å²) >= 11 is 0. The van der Waals surface area contributed by atoms with Crippen molar-refractivity contribution in [2.24, 2.45) is 5.92 Å². The third-order valence-corrected chi connectivity index (χ3v) is 6.94. The van der Waals surface area contributed by atoms with E-state index in [0.29, 0.717) is 6.42 Å². The van der Waals surface area contributed by atoms with Gasteiger partial charge in [0, 0.05) is 0 Å². The molecule has 1 unspecified atom stereocenters. The van der Waals surface area contributed by atoms with Gasteiger partial charge in [0.05, 0.1) is 12.3 Å². The largest absolute Gasteiger partial charge is 0.481 e. The average molecular weight is 507 g/mol. The summed E-state index contributed by atoms with van der Waals surface area (Å²) in [7, 11) is 0. The molecule has 0 rings (SSSR count). The highest BCUT2D eigenvalue weighted by molar-refractivity contribution is 5.78. The normalized spacial score (nSPS) is 12.1. The average Bonchev–Trinajstić information content (AvgIpc) is 2.87. The Kier molecular flexibility index (Phi) is 26.8. The smallest absolute Gasteiger partial charge is 0.307 e. The van der Waals surface area contributed by atoms with Crippen LogP contribution in [-0.4, -0.2) is 23.7 Å². The minimum Gasteiger partial charge on any atom is -0.481 e. The summed E-state index contributed by atoms with van der Waals surface area (Å²) in [5.74, 6) is -1.99. The van der Waals surface area contributed by atoms with E-state index in [1.165, 1.54) is 122 Å². The Morgan fingerprint density at radius 3 is 1.53 bits per heavy atom. The summed E-state index contributed by atoms with van der Waals surface area (Å²) in [6.07, 6.45) is 34.1. The van der Waals surface area contributed by atoms with E-state index in [1.807, 2.05) is 0 Å². The van der Waals surface area contributed by atoms with Crippen molar-refractivity contribution in [3.05, 3.63) is 24.8 Å². The van der Waals surface area contributed by atoms with Crippen LogP contribution in [-0.2, 0) is 14.3 Å². The van der Waals surface area contributed by atoms with Gasteiger partial charge >= 0.3 is 11.9 Å². The van der Waals surface area contributed by atoms with Crippen LogP contribution in [0.25, 0.3) is 0 Å². The number of hydrogen-bond donors (Lipinski definition) is 1. The number of carboxylic acids is 1. The zero-order valence-corrected chi connectivity index (χ0v) is 23.7. The van der Waals surface area contributed by atoms with Crippen molar-refractivity contribution < 1.29 is 19.4 Å². The first-order chi connectivity index (χ1) is 17.6. The molecule has 4 nitrogen and oxygen atoms in total. The van der Waals surface area contributed by atoms with Crippen molar-refractivity contribution in [2.75, 3.05) is 6.61 Å². The molecule has 4 heteroatoms. The second-order valence-electron chi connectivity index (χ2n) is 10.4. The maximum absolute atomic E-state index is 11.6. The molecule has 0 aliphatic carbocycles. The van der Waals surface area contributed by atoms with Crippen LogP contribution in [0, 0.1) is 5.92 Å². The molecular formula is C32H58O4. The number of esters is 1. The molecule has 0 saturated carbocycles. The molecule has 1 atom stereocenters. The molecule has 210 valence electrons. The van der Waals surface area contributed by atoms with E-state index >= 15 is 0 Å². The number of allylic oxidation sites excluding steroid dienone is 2. The first-order valence-corrected chi connectivity index (χ1v) is 15.3. The number of ether oxygens (including phenoxy) is 1. The standard InChI is InChI=1S/C32H58O4/c1-3-5-6-7-8-9-10-11-12-13-14-15-16-17-18-19-20-21-22-23-24-25-26-27-30(32(34)35)29-31(33)36-28-4-2/h4,17-18,30H,2-3,5-16,19-29H2,1H3,(H,34,35)/b18-17+. The first-order valence-electron chi connectivity index (χ1n) is 15.3. The summed E-state index contributed by atoms with van der Waals surface area (Å²) in [5.41, 5.74) is 0. The van der Waals surface area contributed by atoms with E-state index in [1.54, 1.807) is 0 Å². The van der Waals surface area contributed by atoms with Crippen LogP contribution in [0.15, 0.2) is 24.8 Å². The maximum Gasteiger partial charge on any atom is 0.307 e. The van der Waals surface area contributed by atoms with Gasteiger partial charge in [-0.3, -0.25) is 9.59 Å². The SMILES string of the molecule is C=CCOC(=O)CC(CCCCCCCCC/C=C/CCCCCCCCCCCCCC)C(=O)O. The number of carboxylic acid groups (broad SMARTS) is 1. The molecule has 0 aromatic rings. The van der Waals surface area contributed by atoms with Crippen LogP contribution >= 0.6 is 0 Å². The Balaban J connectivity index is 3.38. The van der Waals surface area contributed by atoms with Gasteiger partial charge in [0.1, 0.15) is 6.61 Å². The van der Waals surface area contributed by atoms with Gasteiger partial charge in [-0.25, -0.2) is 0 Å². The van der Waals surface area contributed by atoms with Crippen LogP contribution in [0.3, 0.4) is 0 Å². The van der Waals surface area contributed by atoms with Crippen molar-refractivity contribution in [3.8, 4) is 0 Å². The lowest BCUT2D eigenvalue weighted by atomic mass is 9.97. The predicted octanol–water partition coefficient (Wildman–Crippen LogP) is 9.96. The monoisotopic (exact) mass is 506 g/mol. The number of hydrogen-bond acceptors (Lipinski definition) is 3. The fourth-order valence-electron chi connectivity index (χ4n) is 4.60. The molecule has 0 amide bonds. The van der Waals surface area contributed by atoms with Crippen LogP contribution in [0.2, 0.25) is 0 Å². The number of carbonyl (C=O) groups is 2. The molecular weight excluding hydrogens is 448 g/mol. The number of aliphatic carboxylic acids is 1. The molecule has 0 heterocycles. The van der Waals surface area contributed by atoms with Crippen LogP contribution < -0.4 is 0 Å². The van der Waals surface area contributed by atoms with Gasteiger partial charge in [0.25, 0.3) is 0 Å². The summed E-state index contributed by atoms with van der Waals surface area (Å²) in [5, 5.41) is 9.29. The Labute approximate surface area is 223 Å². The van der Waals surface area contributed by atoms with Crippen molar-refractivity contribution in [1.82, 2.24) is 0 Å². The molecule has 0 saturated heterocycles. The second-order valence-corrected chi connectivity index (χ2v) is 10.4. The minimum atomic E-state index is -0.905. The molecule has 0 spiro atoms. The molecule has 0 fully saturated rings. The van der Waals surface area contributed by atoms with Gasteiger partial charge in [-0.05, 0) is 32.1 Å². The Morgan fingerprint density at radius 1 is 0.694 bits per heavy atom. The van der Waals surface area contributed by atoms with Gasteiger partial charge in [-0.2, -0.15) is 0 Å². The number of carbonyl (C=O) groups excluding carboxylic acids is 1. The Morgan fingerprint density at radius 2 is 1.11 bits per heavy atom. The van der Waals surface area contributed by atoms with E-state index in [-0.39, 0.29) is 13.0 Å². The Hall–Kier alpha value is -1.58. The summed E-state index contributed by atoms with van der Waals surface area (Å²) in [6.45, 7) is 5.91. The third-order valence-electron chi connectivity index (χ3n) is 6.94. The quantitative estimate of drug-likeness (QED) is 0.0651. The van der Waals surface area contributed by atoms with Gasteiger partial charge in [-0.1, -0.05) is 141 Å². The molecule has 1 N–H and O–H groups in total. The van der Waals surface area contributed by atoms with Crippen molar-refractivity contribution in [2.45, 2.75) is 155 Å². The summed E-state index contributed by atoms with van der Waals surface area (Å²) in [4.78, 5) is 22.9. The lowest BCUT2D eigenvalue weighted by Crippen LogP contribution is -2.19. The Bertz CT molecular complexity index is 540. The lowest BCUT2D eigenvalue weighted by molar-refractivity contribution is -0.151. The van der Waals surface area contributed by atoms with Gasteiger partial charge in [-0.15, -0.1) is 0 Å². The fraction of sp³-hybridized carbons (Fsp3) is 0.812. The zero-order chi connectivity index (χ0) is 26.5.